The van der Waals surface area contributed by atoms with Gasteiger partial charge in [-0.3, -0.25) is 9.78 Å². The van der Waals surface area contributed by atoms with Crippen LogP contribution in [0.15, 0.2) is 89.4 Å². The van der Waals surface area contributed by atoms with E-state index in [0.717, 1.165) is 22.6 Å². The molecular formula is C29H28N4O5. The van der Waals surface area contributed by atoms with Gasteiger partial charge in [0.15, 0.2) is 0 Å². The van der Waals surface area contributed by atoms with Crippen molar-refractivity contribution in [3.63, 3.8) is 0 Å². The first-order valence-electron chi connectivity index (χ1n) is 12.1. The normalized spacial score (nSPS) is 12.1. The molecule has 0 radical (unpaired) electrons. The number of benzene rings is 2. The second-order valence-corrected chi connectivity index (χ2v) is 8.65. The Morgan fingerprint density at radius 3 is 2.55 bits per heavy atom. The number of carboxylic acid groups (broad SMARTS) is 1. The highest BCUT2D eigenvalue weighted by Crippen LogP contribution is 2.22. The van der Waals surface area contributed by atoms with Crippen molar-refractivity contribution in [1.82, 2.24) is 20.3 Å². The Balaban J connectivity index is 1.30. The van der Waals surface area contributed by atoms with Gasteiger partial charge in [-0.25, -0.2) is 14.8 Å². The average Bonchev–Trinajstić information content (AvgIpc) is 3.30. The van der Waals surface area contributed by atoms with Crippen LogP contribution in [0.5, 0.6) is 5.75 Å². The highest BCUT2D eigenvalue weighted by atomic mass is 16.5. The maximum Gasteiger partial charge on any atom is 0.326 e. The van der Waals surface area contributed by atoms with Gasteiger partial charge >= 0.3 is 5.97 Å². The van der Waals surface area contributed by atoms with Gasteiger partial charge in [-0.05, 0) is 43.7 Å². The van der Waals surface area contributed by atoms with Crippen molar-refractivity contribution in [2.45, 2.75) is 32.7 Å². The van der Waals surface area contributed by atoms with E-state index in [4.69, 9.17) is 9.15 Å². The largest absolute Gasteiger partial charge is 0.493 e. The molecule has 4 rings (SSSR count). The summed E-state index contributed by atoms with van der Waals surface area (Å²) in [6, 6.07) is 16.1. The zero-order valence-electron chi connectivity index (χ0n) is 21.1. The van der Waals surface area contributed by atoms with E-state index in [9.17, 15) is 14.7 Å². The molecule has 9 heteroatoms. The smallest absolute Gasteiger partial charge is 0.326 e. The molecule has 0 amide bonds. The first-order valence-corrected chi connectivity index (χ1v) is 12.1. The Morgan fingerprint density at radius 1 is 1.11 bits per heavy atom. The lowest BCUT2D eigenvalue weighted by molar-refractivity contribution is -0.139. The number of aliphatic carboxylic acids is 1. The van der Waals surface area contributed by atoms with Gasteiger partial charge in [0.1, 0.15) is 23.2 Å². The summed E-state index contributed by atoms with van der Waals surface area (Å²) in [4.78, 5) is 36.5. The van der Waals surface area contributed by atoms with Crippen molar-refractivity contribution < 1.29 is 23.8 Å². The molecule has 0 aliphatic carbocycles. The van der Waals surface area contributed by atoms with Crippen LogP contribution in [0.1, 0.15) is 34.4 Å². The van der Waals surface area contributed by atoms with E-state index in [0.29, 0.717) is 30.4 Å². The van der Waals surface area contributed by atoms with Crippen molar-refractivity contribution in [3.05, 3.63) is 108 Å². The Labute approximate surface area is 220 Å². The Bertz CT molecular complexity index is 1400. The number of rotatable bonds is 12. The second-order valence-electron chi connectivity index (χ2n) is 8.65. The molecule has 194 valence electrons. The number of aryl methyl sites for hydroxylation is 1. The molecule has 1 atom stereocenters. The zero-order valence-corrected chi connectivity index (χ0v) is 21.1. The maximum atomic E-state index is 12.3. The SMILES string of the molecule is C/C(=C/C(=O)c1cnccn1)NC(Cc1ccc(OCCc2nc(-c3ccccc3)oc2C)cc1)C(=O)O. The predicted octanol–water partition coefficient (Wildman–Crippen LogP) is 4.43. The van der Waals surface area contributed by atoms with Crippen LogP contribution in [0.3, 0.4) is 0 Å². The number of carboxylic acids is 1. The van der Waals surface area contributed by atoms with Crippen LogP contribution in [0.4, 0.5) is 0 Å². The molecule has 4 aromatic rings. The second kappa shape index (κ2) is 12.4. The van der Waals surface area contributed by atoms with Crippen LogP contribution in [0.25, 0.3) is 11.5 Å². The minimum atomic E-state index is -1.03. The van der Waals surface area contributed by atoms with E-state index in [1.807, 2.05) is 49.4 Å². The number of oxazole rings is 1. The lowest BCUT2D eigenvalue weighted by Gasteiger charge is -2.16. The Hall–Kier alpha value is -4.79. The van der Waals surface area contributed by atoms with E-state index >= 15 is 0 Å². The molecule has 38 heavy (non-hydrogen) atoms. The quantitative estimate of drug-likeness (QED) is 0.209. The summed E-state index contributed by atoms with van der Waals surface area (Å²) in [6.07, 6.45) is 6.39. The van der Waals surface area contributed by atoms with Crippen molar-refractivity contribution >= 4 is 11.8 Å². The van der Waals surface area contributed by atoms with E-state index in [1.165, 1.54) is 24.7 Å². The third-order valence-corrected chi connectivity index (χ3v) is 5.75. The first-order chi connectivity index (χ1) is 18.4. The molecule has 0 aliphatic rings. The van der Waals surface area contributed by atoms with Gasteiger partial charge in [0.2, 0.25) is 11.7 Å². The lowest BCUT2D eigenvalue weighted by Crippen LogP contribution is -2.37. The van der Waals surface area contributed by atoms with Crippen LogP contribution in [0, 0.1) is 6.92 Å². The van der Waals surface area contributed by atoms with Crippen LogP contribution in [-0.4, -0.2) is 44.5 Å². The number of nitrogens with one attached hydrogen (secondary N) is 1. The van der Waals surface area contributed by atoms with Crippen LogP contribution in [0.2, 0.25) is 0 Å². The number of carbonyl (C=O) groups is 2. The predicted molar refractivity (Wildman–Crippen MR) is 141 cm³/mol. The molecule has 0 aliphatic heterocycles. The monoisotopic (exact) mass is 512 g/mol. The molecular weight excluding hydrogens is 484 g/mol. The molecule has 2 N–H and O–H groups in total. The topological polar surface area (TPSA) is 127 Å². The molecule has 9 nitrogen and oxygen atoms in total. The Morgan fingerprint density at radius 2 is 1.87 bits per heavy atom. The fourth-order valence-electron chi connectivity index (χ4n) is 3.80. The Kier molecular flexibility index (Phi) is 8.61. The number of nitrogens with zero attached hydrogens (tertiary/aromatic N) is 3. The number of ether oxygens (including phenoxy) is 1. The summed E-state index contributed by atoms with van der Waals surface area (Å²) < 4.78 is 11.7. The molecule has 1 unspecified atom stereocenters. The molecule has 0 saturated carbocycles. The molecule has 2 heterocycles. The third-order valence-electron chi connectivity index (χ3n) is 5.75. The highest BCUT2D eigenvalue weighted by Gasteiger charge is 2.18. The average molecular weight is 513 g/mol. The summed E-state index contributed by atoms with van der Waals surface area (Å²) in [5.41, 5.74) is 3.19. The molecule has 0 fully saturated rings. The minimum absolute atomic E-state index is 0.187. The number of allylic oxidation sites excluding steroid dienone is 2. The minimum Gasteiger partial charge on any atom is -0.493 e. The van der Waals surface area contributed by atoms with Gasteiger partial charge in [0.05, 0.1) is 18.5 Å². The first kappa shape index (κ1) is 26.3. The summed E-state index contributed by atoms with van der Waals surface area (Å²) >= 11 is 0. The number of carbonyl (C=O) groups excluding carboxylic acids is 1. The number of aromatic nitrogens is 3. The molecule has 0 spiro atoms. The molecule has 0 saturated heterocycles. The fourth-order valence-corrected chi connectivity index (χ4v) is 3.80. The van der Waals surface area contributed by atoms with E-state index < -0.39 is 12.0 Å². The van der Waals surface area contributed by atoms with Crippen LogP contribution < -0.4 is 10.1 Å². The van der Waals surface area contributed by atoms with Crippen molar-refractivity contribution in [2.24, 2.45) is 0 Å². The van der Waals surface area contributed by atoms with Gasteiger partial charge in [-0.1, -0.05) is 30.3 Å². The number of ketones is 1. The number of hydrogen-bond donors (Lipinski definition) is 2. The fraction of sp³-hybridized carbons (Fsp3) is 0.207. The zero-order chi connectivity index (χ0) is 26.9. The van der Waals surface area contributed by atoms with E-state index in [-0.39, 0.29) is 17.9 Å². The molecule has 2 aromatic heterocycles. The summed E-state index contributed by atoms with van der Waals surface area (Å²) in [7, 11) is 0. The molecule has 0 bridgehead atoms. The van der Waals surface area contributed by atoms with Crippen molar-refractivity contribution in [1.29, 1.82) is 0 Å². The van der Waals surface area contributed by atoms with Crippen LogP contribution >= 0.6 is 0 Å². The van der Waals surface area contributed by atoms with E-state index in [1.54, 1.807) is 19.1 Å². The van der Waals surface area contributed by atoms with Gasteiger partial charge in [0.25, 0.3) is 0 Å². The van der Waals surface area contributed by atoms with Gasteiger partial charge in [-0.2, -0.15) is 0 Å². The van der Waals surface area contributed by atoms with E-state index in [2.05, 4.69) is 20.3 Å². The van der Waals surface area contributed by atoms with Gasteiger partial charge in [0, 0.05) is 42.6 Å². The van der Waals surface area contributed by atoms with Crippen molar-refractivity contribution in [2.75, 3.05) is 6.61 Å². The van der Waals surface area contributed by atoms with Crippen LogP contribution in [-0.2, 0) is 17.6 Å². The highest BCUT2D eigenvalue weighted by molar-refractivity contribution is 6.03. The summed E-state index contributed by atoms with van der Waals surface area (Å²) in [5, 5.41) is 12.6. The van der Waals surface area contributed by atoms with Gasteiger partial charge in [-0.15, -0.1) is 0 Å². The summed E-state index contributed by atoms with van der Waals surface area (Å²) in [5.74, 6) is 0.641. The standard InChI is InChI=1S/C29H28N4O5/c1-19(16-27(34)26-18-30-13-14-31-26)32-25(29(35)36)17-21-8-10-23(11-9-21)37-15-12-24-20(2)38-28(33-24)22-6-4-3-5-7-22/h3-11,13-14,16,18,25,32H,12,15,17H2,1-2H3,(H,35,36)/b19-16-. The number of hydrogen-bond acceptors (Lipinski definition) is 8. The maximum absolute atomic E-state index is 12.3. The summed E-state index contributed by atoms with van der Waals surface area (Å²) in [6.45, 7) is 3.95. The van der Waals surface area contributed by atoms with Crippen molar-refractivity contribution in [3.8, 4) is 17.2 Å². The third kappa shape index (κ3) is 7.13. The molecule has 2 aromatic carbocycles. The van der Waals surface area contributed by atoms with Gasteiger partial charge < -0.3 is 19.6 Å². The lowest BCUT2D eigenvalue weighted by atomic mass is 10.1.